The molecule has 1 unspecified atom stereocenters. The summed E-state index contributed by atoms with van der Waals surface area (Å²) in [6.45, 7) is 6.68. The number of cyclic esters (lactones) is 1. The molecule has 0 spiro atoms. The van der Waals surface area contributed by atoms with Crippen LogP contribution < -0.4 is 15.5 Å². The van der Waals surface area contributed by atoms with Gasteiger partial charge in [-0.15, -0.1) is 0 Å². The Hall–Kier alpha value is -1.82. The maximum absolute atomic E-state index is 11.4. The SMILES string of the molecule is CCN(CC)c1ccc(NC(=S)NC2CCOC2=O)cc1. The number of hydrogen-bond donors (Lipinski definition) is 2. The summed E-state index contributed by atoms with van der Waals surface area (Å²) >= 11 is 5.22. The number of hydrogen-bond acceptors (Lipinski definition) is 4. The molecule has 0 aromatic heterocycles. The number of carbonyl (C=O) groups is 1. The fourth-order valence-electron chi connectivity index (χ4n) is 2.30. The van der Waals surface area contributed by atoms with Crippen molar-refractivity contribution in [1.29, 1.82) is 0 Å². The zero-order chi connectivity index (χ0) is 15.2. The maximum atomic E-state index is 11.4. The average molecular weight is 307 g/mol. The average Bonchev–Trinajstić information content (AvgIpc) is 2.87. The number of rotatable bonds is 5. The van der Waals surface area contributed by atoms with Crippen LogP contribution in [0.25, 0.3) is 0 Å². The van der Waals surface area contributed by atoms with Crippen molar-refractivity contribution < 1.29 is 9.53 Å². The summed E-state index contributed by atoms with van der Waals surface area (Å²) in [4.78, 5) is 13.6. The van der Waals surface area contributed by atoms with Gasteiger partial charge in [-0.2, -0.15) is 0 Å². The van der Waals surface area contributed by atoms with Crippen LogP contribution in [0.3, 0.4) is 0 Å². The highest BCUT2D eigenvalue weighted by atomic mass is 32.1. The minimum absolute atomic E-state index is 0.240. The first-order chi connectivity index (χ1) is 10.1. The van der Waals surface area contributed by atoms with E-state index >= 15 is 0 Å². The summed E-state index contributed by atoms with van der Waals surface area (Å²) in [5.74, 6) is -0.240. The molecule has 5 nitrogen and oxygen atoms in total. The van der Waals surface area contributed by atoms with E-state index in [0.29, 0.717) is 18.1 Å². The molecule has 2 rings (SSSR count). The third-order valence-electron chi connectivity index (χ3n) is 3.49. The van der Waals surface area contributed by atoms with Gasteiger partial charge in [-0.25, -0.2) is 4.79 Å². The van der Waals surface area contributed by atoms with E-state index in [1.54, 1.807) is 0 Å². The topological polar surface area (TPSA) is 53.6 Å². The van der Waals surface area contributed by atoms with Crippen LogP contribution in [0.2, 0.25) is 0 Å². The van der Waals surface area contributed by atoms with Gasteiger partial charge in [-0.1, -0.05) is 0 Å². The molecule has 0 bridgehead atoms. The highest BCUT2D eigenvalue weighted by molar-refractivity contribution is 7.80. The predicted octanol–water partition coefficient (Wildman–Crippen LogP) is 2.13. The van der Waals surface area contributed by atoms with Gasteiger partial charge in [0, 0.05) is 30.9 Å². The second-order valence-corrected chi connectivity index (χ2v) is 5.23. The summed E-state index contributed by atoms with van der Waals surface area (Å²) in [6.07, 6.45) is 0.654. The summed E-state index contributed by atoms with van der Waals surface area (Å²) in [5.41, 5.74) is 2.08. The second kappa shape index (κ2) is 7.26. The number of carbonyl (C=O) groups excluding carboxylic acids is 1. The van der Waals surface area contributed by atoms with Crippen LogP contribution >= 0.6 is 12.2 Å². The first kappa shape index (κ1) is 15.6. The van der Waals surface area contributed by atoms with Gasteiger partial charge in [-0.05, 0) is 50.3 Å². The van der Waals surface area contributed by atoms with E-state index in [1.165, 1.54) is 5.69 Å². The van der Waals surface area contributed by atoms with Crippen molar-refractivity contribution in [3.63, 3.8) is 0 Å². The molecule has 6 heteroatoms. The van der Waals surface area contributed by atoms with Crippen molar-refractivity contribution in [3.05, 3.63) is 24.3 Å². The van der Waals surface area contributed by atoms with E-state index in [0.717, 1.165) is 18.8 Å². The Labute approximate surface area is 130 Å². The zero-order valence-corrected chi connectivity index (χ0v) is 13.2. The molecule has 21 heavy (non-hydrogen) atoms. The molecule has 0 amide bonds. The summed E-state index contributed by atoms with van der Waals surface area (Å²) < 4.78 is 4.89. The van der Waals surface area contributed by atoms with Crippen LogP contribution in [0.5, 0.6) is 0 Å². The molecule has 1 aromatic carbocycles. The van der Waals surface area contributed by atoms with E-state index in [4.69, 9.17) is 17.0 Å². The largest absolute Gasteiger partial charge is 0.464 e. The van der Waals surface area contributed by atoms with Crippen LogP contribution in [-0.2, 0) is 9.53 Å². The third-order valence-corrected chi connectivity index (χ3v) is 3.71. The van der Waals surface area contributed by atoms with Crippen molar-refractivity contribution >= 4 is 34.7 Å². The third kappa shape index (κ3) is 4.07. The molecule has 1 fully saturated rings. The first-order valence-electron chi connectivity index (χ1n) is 7.23. The number of anilines is 2. The van der Waals surface area contributed by atoms with Crippen LogP contribution in [-0.4, -0.2) is 36.8 Å². The predicted molar refractivity (Wildman–Crippen MR) is 88.7 cm³/mol. The molecule has 114 valence electrons. The van der Waals surface area contributed by atoms with Crippen LogP contribution in [0.4, 0.5) is 11.4 Å². The number of ether oxygens (including phenoxy) is 1. The molecule has 1 heterocycles. The zero-order valence-electron chi connectivity index (χ0n) is 12.4. The molecule has 0 saturated carbocycles. The fourth-order valence-corrected chi connectivity index (χ4v) is 2.56. The molecule has 1 saturated heterocycles. The van der Waals surface area contributed by atoms with Gasteiger partial charge < -0.3 is 20.3 Å². The summed E-state index contributed by atoms with van der Waals surface area (Å²) in [6, 6.07) is 7.74. The quantitative estimate of drug-likeness (QED) is 0.642. The Balaban J connectivity index is 1.90. The monoisotopic (exact) mass is 307 g/mol. The second-order valence-electron chi connectivity index (χ2n) is 4.83. The Bertz CT molecular complexity index is 500. The lowest BCUT2D eigenvalue weighted by molar-refractivity contribution is -0.139. The lowest BCUT2D eigenvalue weighted by Crippen LogP contribution is -2.40. The smallest absolute Gasteiger partial charge is 0.328 e. The lowest BCUT2D eigenvalue weighted by Gasteiger charge is -2.21. The van der Waals surface area contributed by atoms with Crippen molar-refractivity contribution in [3.8, 4) is 0 Å². The van der Waals surface area contributed by atoms with Gasteiger partial charge in [0.2, 0.25) is 0 Å². The van der Waals surface area contributed by atoms with E-state index < -0.39 is 0 Å². The molecule has 1 atom stereocenters. The fraction of sp³-hybridized carbons (Fsp3) is 0.467. The van der Waals surface area contributed by atoms with Gasteiger partial charge in [0.25, 0.3) is 0 Å². The normalized spacial score (nSPS) is 17.2. The highest BCUT2D eigenvalue weighted by Crippen LogP contribution is 2.17. The van der Waals surface area contributed by atoms with E-state index in [-0.39, 0.29) is 12.0 Å². The van der Waals surface area contributed by atoms with Gasteiger partial charge >= 0.3 is 5.97 Å². The van der Waals surface area contributed by atoms with Crippen molar-refractivity contribution in [2.45, 2.75) is 26.3 Å². The molecule has 2 N–H and O–H groups in total. The number of nitrogens with zero attached hydrogens (tertiary/aromatic N) is 1. The van der Waals surface area contributed by atoms with Crippen molar-refractivity contribution in [2.75, 3.05) is 29.9 Å². The summed E-state index contributed by atoms with van der Waals surface area (Å²) in [7, 11) is 0. The van der Waals surface area contributed by atoms with Crippen LogP contribution in [0.1, 0.15) is 20.3 Å². The molecule has 1 aliphatic heterocycles. The van der Waals surface area contributed by atoms with Gasteiger partial charge in [0.15, 0.2) is 5.11 Å². The van der Waals surface area contributed by atoms with Crippen LogP contribution in [0.15, 0.2) is 24.3 Å². The van der Waals surface area contributed by atoms with E-state index in [2.05, 4.69) is 41.5 Å². The van der Waals surface area contributed by atoms with Crippen LogP contribution in [0, 0.1) is 0 Å². The molecule has 1 aromatic rings. The summed E-state index contributed by atoms with van der Waals surface area (Å²) in [5, 5.41) is 6.50. The minimum atomic E-state index is -0.333. The first-order valence-corrected chi connectivity index (χ1v) is 7.64. The number of benzene rings is 1. The van der Waals surface area contributed by atoms with Gasteiger partial charge in [-0.3, -0.25) is 0 Å². The van der Waals surface area contributed by atoms with Crippen molar-refractivity contribution in [2.24, 2.45) is 0 Å². The standard InChI is InChI=1S/C15H21N3O2S/c1-3-18(4-2)12-7-5-11(6-8-12)16-15(21)17-13-9-10-20-14(13)19/h5-8,13H,3-4,9-10H2,1-2H3,(H2,16,17,21). The van der Waals surface area contributed by atoms with E-state index in [1.807, 2.05) is 12.1 Å². The van der Waals surface area contributed by atoms with Gasteiger partial charge in [0.05, 0.1) is 6.61 Å². The molecule has 1 aliphatic rings. The lowest BCUT2D eigenvalue weighted by atomic mass is 10.2. The Morgan fingerprint density at radius 3 is 2.52 bits per heavy atom. The highest BCUT2D eigenvalue weighted by Gasteiger charge is 2.26. The maximum Gasteiger partial charge on any atom is 0.328 e. The van der Waals surface area contributed by atoms with E-state index in [9.17, 15) is 4.79 Å². The Morgan fingerprint density at radius 2 is 2.00 bits per heavy atom. The molecule has 0 aliphatic carbocycles. The van der Waals surface area contributed by atoms with Crippen molar-refractivity contribution in [1.82, 2.24) is 5.32 Å². The Morgan fingerprint density at radius 1 is 1.33 bits per heavy atom. The number of thiocarbonyl (C=S) groups is 1. The molecular weight excluding hydrogens is 286 g/mol. The molecular formula is C15H21N3O2S. The number of nitrogens with one attached hydrogen (secondary N) is 2. The Kier molecular flexibility index (Phi) is 5.38. The number of esters is 1. The van der Waals surface area contributed by atoms with Gasteiger partial charge in [0.1, 0.15) is 6.04 Å². The minimum Gasteiger partial charge on any atom is -0.464 e. The molecule has 0 radical (unpaired) electrons.